The monoisotopic (exact) mass is 228 g/mol. The lowest BCUT2D eigenvalue weighted by atomic mass is 9.96. The van der Waals surface area contributed by atoms with Gasteiger partial charge in [0.15, 0.2) is 0 Å². The molecule has 0 aromatic rings. The predicted octanol–water partition coefficient (Wildman–Crippen LogP) is 1.90. The van der Waals surface area contributed by atoms with Crippen LogP contribution in [0.1, 0.15) is 40.0 Å². The molecular formula is C12H24N2O2. The third-order valence-electron chi connectivity index (χ3n) is 2.62. The zero-order valence-corrected chi connectivity index (χ0v) is 10.6. The van der Waals surface area contributed by atoms with Gasteiger partial charge in [0, 0.05) is 6.54 Å². The maximum Gasteiger partial charge on any atom is 0.407 e. The molecule has 0 aromatic carbocycles. The molecule has 94 valence electrons. The van der Waals surface area contributed by atoms with Crippen molar-refractivity contribution in [2.75, 3.05) is 19.6 Å². The molecule has 1 unspecified atom stereocenters. The number of piperidine rings is 1. The van der Waals surface area contributed by atoms with Crippen LogP contribution in [0.3, 0.4) is 0 Å². The van der Waals surface area contributed by atoms with Gasteiger partial charge in [0.05, 0.1) is 0 Å². The van der Waals surface area contributed by atoms with E-state index in [1.165, 1.54) is 12.8 Å². The summed E-state index contributed by atoms with van der Waals surface area (Å²) in [7, 11) is 0. The highest BCUT2D eigenvalue weighted by Crippen LogP contribution is 2.13. The van der Waals surface area contributed by atoms with Crippen LogP contribution < -0.4 is 10.6 Å². The summed E-state index contributed by atoms with van der Waals surface area (Å²) in [5.74, 6) is 0.698. The van der Waals surface area contributed by atoms with Gasteiger partial charge >= 0.3 is 6.09 Å². The van der Waals surface area contributed by atoms with E-state index in [1.54, 1.807) is 0 Å². The van der Waals surface area contributed by atoms with E-state index in [1.807, 2.05) is 20.8 Å². The summed E-state index contributed by atoms with van der Waals surface area (Å²) in [5, 5.41) is 6.16. The number of carbonyl (C=O) groups is 1. The van der Waals surface area contributed by atoms with Gasteiger partial charge in [-0.3, -0.25) is 0 Å². The summed E-state index contributed by atoms with van der Waals surface area (Å²) in [4.78, 5) is 11.4. The molecule has 0 aliphatic carbocycles. The fraction of sp³-hybridized carbons (Fsp3) is 0.917. The summed E-state index contributed by atoms with van der Waals surface area (Å²) in [6, 6.07) is 0. The molecule has 4 nitrogen and oxygen atoms in total. The molecule has 16 heavy (non-hydrogen) atoms. The van der Waals surface area contributed by atoms with E-state index < -0.39 is 5.60 Å². The van der Waals surface area contributed by atoms with Gasteiger partial charge in [0.1, 0.15) is 5.60 Å². The lowest BCUT2D eigenvalue weighted by Crippen LogP contribution is -2.35. The van der Waals surface area contributed by atoms with E-state index in [4.69, 9.17) is 4.74 Å². The van der Waals surface area contributed by atoms with Crippen molar-refractivity contribution < 1.29 is 9.53 Å². The Morgan fingerprint density at radius 3 is 2.81 bits per heavy atom. The highest BCUT2D eigenvalue weighted by molar-refractivity contribution is 5.67. The predicted molar refractivity (Wildman–Crippen MR) is 64.4 cm³/mol. The molecule has 1 amide bonds. The van der Waals surface area contributed by atoms with Crippen molar-refractivity contribution in [2.45, 2.75) is 45.6 Å². The highest BCUT2D eigenvalue weighted by atomic mass is 16.6. The van der Waals surface area contributed by atoms with Gasteiger partial charge in [-0.05, 0) is 59.0 Å². The third-order valence-corrected chi connectivity index (χ3v) is 2.62. The number of rotatable bonds is 3. The fourth-order valence-corrected chi connectivity index (χ4v) is 1.86. The van der Waals surface area contributed by atoms with Gasteiger partial charge in [-0.25, -0.2) is 4.79 Å². The molecule has 0 saturated carbocycles. The molecule has 2 N–H and O–H groups in total. The molecule has 1 heterocycles. The van der Waals surface area contributed by atoms with Crippen molar-refractivity contribution in [3.8, 4) is 0 Å². The van der Waals surface area contributed by atoms with Crippen LogP contribution in [-0.4, -0.2) is 31.3 Å². The topological polar surface area (TPSA) is 50.4 Å². The molecular weight excluding hydrogens is 204 g/mol. The first-order valence-electron chi connectivity index (χ1n) is 6.15. The number of ether oxygens (including phenoxy) is 1. The lowest BCUT2D eigenvalue weighted by molar-refractivity contribution is 0.0524. The molecule has 0 aromatic heterocycles. The molecule has 0 bridgehead atoms. The fourth-order valence-electron chi connectivity index (χ4n) is 1.86. The molecule has 0 radical (unpaired) electrons. The summed E-state index contributed by atoms with van der Waals surface area (Å²) >= 11 is 0. The van der Waals surface area contributed by atoms with E-state index >= 15 is 0 Å². The van der Waals surface area contributed by atoms with E-state index in [-0.39, 0.29) is 6.09 Å². The zero-order valence-electron chi connectivity index (χ0n) is 10.6. The normalized spacial score (nSPS) is 21.6. The van der Waals surface area contributed by atoms with E-state index in [2.05, 4.69) is 10.6 Å². The first-order chi connectivity index (χ1) is 7.47. The number of carbonyl (C=O) groups excluding carboxylic acids is 1. The first kappa shape index (κ1) is 13.3. The van der Waals surface area contributed by atoms with Gasteiger partial charge in [-0.1, -0.05) is 0 Å². The van der Waals surface area contributed by atoms with Crippen LogP contribution in [0, 0.1) is 5.92 Å². The van der Waals surface area contributed by atoms with Crippen molar-refractivity contribution in [1.82, 2.24) is 10.6 Å². The van der Waals surface area contributed by atoms with Crippen molar-refractivity contribution in [3.05, 3.63) is 0 Å². The first-order valence-corrected chi connectivity index (χ1v) is 6.15. The molecule has 1 fully saturated rings. The second-order valence-corrected chi connectivity index (χ2v) is 5.43. The van der Waals surface area contributed by atoms with Crippen LogP contribution in [0.2, 0.25) is 0 Å². The van der Waals surface area contributed by atoms with Crippen molar-refractivity contribution in [3.63, 3.8) is 0 Å². The Labute approximate surface area is 98.1 Å². The van der Waals surface area contributed by atoms with Crippen LogP contribution in [-0.2, 0) is 4.74 Å². The summed E-state index contributed by atoms with van der Waals surface area (Å²) in [6.45, 7) is 8.54. The number of alkyl carbamates (subject to hydrolysis) is 1. The largest absolute Gasteiger partial charge is 0.444 e. The average molecular weight is 228 g/mol. The molecule has 1 atom stereocenters. The van der Waals surface area contributed by atoms with Crippen molar-refractivity contribution >= 4 is 6.09 Å². The van der Waals surface area contributed by atoms with Gasteiger partial charge in [-0.15, -0.1) is 0 Å². The molecule has 1 saturated heterocycles. The Morgan fingerprint density at radius 2 is 2.25 bits per heavy atom. The average Bonchev–Trinajstić information content (AvgIpc) is 2.16. The molecule has 4 heteroatoms. The molecule has 1 rings (SSSR count). The van der Waals surface area contributed by atoms with E-state index in [0.717, 1.165) is 19.5 Å². The number of hydrogen-bond acceptors (Lipinski definition) is 3. The Bertz CT molecular complexity index is 218. The lowest BCUT2D eigenvalue weighted by Gasteiger charge is -2.23. The second kappa shape index (κ2) is 6.09. The third kappa shape index (κ3) is 5.95. The van der Waals surface area contributed by atoms with Gasteiger partial charge < -0.3 is 15.4 Å². The smallest absolute Gasteiger partial charge is 0.407 e. The number of nitrogens with one attached hydrogen (secondary N) is 2. The zero-order chi connectivity index (χ0) is 12.0. The van der Waals surface area contributed by atoms with Gasteiger partial charge in [-0.2, -0.15) is 0 Å². The molecule has 1 aliphatic heterocycles. The van der Waals surface area contributed by atoms with Crippen LogP contribution in [0.4, 0.5) is 4.79 Å². The summed E-state index contributed by atoms with van der Waals surface area (Å²) in [6.07, 6.45) is 3.24. The quantitative estimate of drug-likeness (QED) is 0.775. The van der Waals surface area contributed by atoms with Crippen molar-refractivity contribution in [2.24, 2.45) is 5.92 Å². The Morgan fingerprint density at radius 1 is 1.50 bits per heavy atom. The summed E-state index contributed by atoms with van der Waals surface area (Å²) < 4.78 is 5.16. The SMILES string of the molecule is CC(C)(C)OC(=O)NCCC1CCCNC1. The van der Waals surface area contributed by atoms with E-state index in [9.17, 15) is 4.79 Å². The highest BCUT2D eigenvalue weighted by Gasteiger charge is 2.17. The minimum Gasteiger partial charge on any atom is -0.444 e. The Kier molecular flexibility index (Phi) is 5.06. The van der Waals surface area contributed by atoms with Crippen molar-refractivity contribution in [1.29, 1.82) is 0 Å². The minimum atomic E-state index is -0.406. The van der Waals surface area contributed by atoms with Crippen LogP contribution >= 0.6 is 0 Å². The van der Waals surface area contributed by atoms with Crippen LogP contribution in [0.5, 0.6) is 0 Å². The minimum absolute atomic E-state index is 0.309. The maximum atomic E-state index is 11.4. The van der Waals surface area contributed by atoms with Gasteiger partial charge in [0.25, 0.3) is 0 Å². The number of hydrogen-bond donors (Lipinski definition) is 2. The van der Waals surface area contributed by atoms with Crippen LogP contribution in [0.15, 0.2) is 0 Å². The summed E-state index contributed by atoms with van der Waals surface area (Å²) in [5.41, 5.74) is -0.406. The Balaban J connectivity index is 2.08. The van der Waals surface area contributed by atoms with Gasteiger partial charge in [0.2, 0.25) is 0 Å². The molecule has 1 aliphatic rings. The van der Waals surface area contributed by atoms with Crippen LogP contribution in [0.25, 0.3) is 0 Å². The maximum absolute atomic E-state index is 11.4. The Hall–Kier alpha value is -0.770. The number of amides is 1. The van der Waals surface area contributed by atoms with E-state index in [0.29, 0.717) is 12.5 Å². The molecule has 0 spiro atoms. The standard InChI is InChI=1S/C12H24N2O2/c1-12(2,3)16-11(15)14-8-6-10-5-4-7-13-9-10/h10,13H,4-9H2,1-3H3,(H,14,15). The second-order valence-electron chi connectivity index (χ2n) is 5.43.